The van der Waals surface area contributed by atoms with Gasteiger partial charge in [0.2, 0.25) is 5.91 Å². The number of carbonyl (C=O) groups excluding carboxylic acids is 2. The molecule has 1 aliphatic heterocycles. The molecule has 0 saturated carbocycles. The summed E-state index contributed by atoms with van der Waals surface area (Å²) in [7, 11) is 0. The number of thioether (sulfide) groups is 1. The standard InChI is InChI=1S/C15H18N2O3S/c1-21-10-7-13-14(18)16-8-9-17(13)15(19)20-11-12-5-3-2-4-6-12/h2-6,8-9,13H,7,10-11H2,1H3,(H,16,18). The molecule has 0 spiro atoms. The lowest BCUT2D eigenvalue weighted by atomic mass is 10.1. The second-order valence-corrected chi connectivity index (χ2v) is 5.55. The first-order chi connectivity index (χ1) is 10.2. The van der Waals surface area contributed by atoms with E-state index in [0.717, 1.165) is 11.3 Å². The molecule has 0 fully saturated rings. The van der Waals surface area contributed by atoms with Gasteiger partial charge < -0.3 is 10.1 Å². The fourth-order valence-electron chi connectivity index (χ4n) is 2.01. The number of hydrogen-bond donors (Lipinski definition) is 1. The van der Waals surface area contributed by atoms with Gasteiger partial charge in [0.25, 0.3) is 0 Å². The van der Waals surface area contributed by atoms with Crippen LogP contribution >= 0.6 is 11.8 Å². The first-order valence-corrected chi connectivity index (χ1v) is 8.06. The number of amides is 2. The highest BCUT2D eigenvalue weighted by Gasteiger charge is 2.31. The number of hydrogen-bond acceptors (Lipinski definition) is 4. The first kappa shape index (κ1) is 15.4. The number of ether oxygens (including phenoxy) is 1. The molecule has 1 N–H and O–H groups in total. The van der Waals surface area contributed by atoms with Gasteiger partial charge in [-0.05, 0) is 24.0 Å². The van der Waals surface area contributed by atoms with E-state index >= 15 is 0 Å². The Hall–Kier alpha value is -1.95. The summed E-state index contributed by atoms with van der Waals surface area (Å²) in [6, 6.07) is 8.94. The van der Waals surface area contributed by atoms with Crippen molar-refractivity contribution in [3.05, 3.63) is 48.3 Å². The summed E-state index contributed by atoms with van der Waals surface area (Å²) in [6.07, 6.45) is 5.07. The molecule has 1 aromatic rings. The quantitative estimate of drug-likeness (QED) is 0.907. The maximum Gasteiger partial charge on any atom is 0.414 e. The Kier molecular flexibility index (Phi) is 5.68. The van der Waals surface area contributed by atoms with Gasteiger partial charge in [-0.15, -0.1) is 0 Å². The molecule has 0 radical (unpaired) electrons. The van der Waals surface area contributed by atoms with Crippen molar-refractivity contribution in [1.82, 2.24) is 10.2 Å². The van der Waals surface area contributed by atoms with Gasteiger partial charge in [0.15, 0.2) is 0 Å². The zero-order valence-electron chi connectivity index (χ0n) is 11.8. The molecule has 0 saturated heterocycles. The van der Waals surface area contributed by atoms with Crippen molar-refractivity contribution in [2.45, 2.75) is 19.1 Å². The zero-order chi connectivity index (χ0) is 15.1. The van der Waals surface area contributed by atoms with E-state index in [4.69, 9.17) is 4.74 Å². The Labute approximate surface area is 128 Å². The van der Waals surface area contributed by atoms with Crippen molar-refractivity contribution in [1.29, 1.82) is 0 Å². The van der Waals surface area contributed by atoms with E-state index in [9.17, 15) is 9.59 Å². The molecule has 1 unspecified atom stereocenters. The highest BCUT2D eigenvalue weighted by molar-refractivity contribution is 7.98. The fourth-order valence-corrected chi connectivity index (χ4v) is 2.47. The predicted molar refractivity (Wildman–Crippen MR) is 82.5 cm³/mol. The SMILES string of the molecule is CSCCC1C(=O)NC=CN1C(=O)OCc1ccccc1. The molecule has 2 rings (SSSR count). The highest BCUT2D eigenvalue weighted by atomic mass is 32.2. The van der Waals surface area contributed by atoms with Crippen molar-refractivity contribution >= 4 is 23.8 Å². The summed E-state index contributed by atoms with van der Waals surface area (Å²) >= 11 is 1.64. The summed E-state index contributed by atoms with van der Waals surface area (Å²) in [6.45, 7) is 0.195. The number of carbonyl (C=O) groups is 2. The van der Waals surface area contributed by atoms with Crippen molar-refractivity contribution in [3.63, 3.8) is 0 Å². The Bertz CT molecular complexity index is 519. The van der Waals surface area contributed by atoms with Gasteiger partial charge in [-0.3, -0.25) is 9.69 Å². The van der Waals surface area contributed by atoms with E-state index in [1.807, 2.05) is 36.6 Å². The topological polar surface area (TPSA) is 58.6 Å². The van der Waals surface area contributed by atoms with E-state index in [1.54, 1.807) is 18.0 Å². The van der Waals surface area contributed by atoms with Gasteiger partial charge in [0.1, 0.15) is 12.6 Å². The monoisotopic (exact) mass is 306 g/mol. The second-order valence-electron chi connectivity index (χ2n) is 4.57. The maximum absolute atomic E-state index is 12.2. The number of nitrogens with one attached hydrogen (secondary N) is 1. The van der Waals surface area contributed by atoms with Crippen LogP contribution in [-0.4, -0.2) is 35.0 Å². The summed E-state index contributed by atoms with van der Waals surface area (Å²) in [5.74, 6) is 0.622. The Balaban J connectivity index is 1.96. The van der Waals surface area contributed by atoms with Crippen LogP contribution in [0, 0.1) is 0 Å². The third kappa shape index (κ3) is 4.26. The van der Waals surface area contributed by atoms with Crippen LogP contribution in [-0.2, 0) is 16.1 Å². The smallest absolute Gasteiger partial charge is 0.414 e. The van der Waals surface area contributed by atoms with E-state index in [2.05, 4.69) is 5.32 Å². The molecular weight excluding hydrogens is 288 g/mol. The second kappa shape index (κ2) is 7.73. The normalized spacial score (nSPS) is 17.5. The van der Waals surface area contributed by atoms with Gasteiger partial charge in [-0.2, -0.15) is 11.8 Å². The van der Waals surface area contributed by atoms with Gasteiger partial charge in [-0.25, -0.2) is 4.79 Å². The largest absolute Gasteiger partial charge is 0.444 e. The molecule has 1 heterocycles. The summed E-state index contributed by atoms with van der Waals surface area (Å²) < 4.78 is 5.28. The van der Waals surface area contributed by atoms with Crippen LogP contribution in [0.1, 0.15) is 12.0 Å². The van der Waals surface area contributed by atoms with Crippen LogP contribution in [0.15, 0.2) is 42.7 Å². The molecule has 0 aliphatic carbocycles. The number of rotatable bonds is 5. The van der Waals surface area contributed by atoms with E-state index in [-0.39, 0.29) is 12.5 Å². The van der Waals surface area contributed by atoms with Crippen molar-refractivity contribution < 1.29 is 14.3 Å². The van der Waals surface area contributed by atoms with Gasteiger partial charge >= 0.3 is 6.09 Å². The lowest BCUT2D eigenvalue weighted by molar-refractivity contribution is -0.125. The minimum absolute atomic E-state index is 0.178. The highest BCUT2D eigenvalue weighted by Crippen LogP contribution is 2.15. The van der Waals surface area contributed by atoms with Gasteiger partial charge in [0, 0.05) is 12.4 Å². The minimum atomic E-state index is -0.509. The summed E-state index contributed by atoms with van der Waals surface area (Å²) in [5.41, 5.74) is 0.914. The van der Waals surface area contributed by atoms with Crippen LogP contribution in [0.2, 0.25) is 0 Å². The molecule has 1 aromatic carbocycles. The molecule has 1 atom stereocenters. The molecule has 2 amide bonds. The van der Waals surface area contributed by atoms with Crippen LogP contribution in [0.25, 0.3) is 0 Å². The van der Waals surface area contributed by atoms with Crippen molar-refractivity contribution in [2.24, 2.45) is 0 Å². The maximum atomic E-state index is 12.2. The van der Waals surface area contributed by atoms with Gasteiger partial charge in [-0.1, -0.05) is 30.3 Å². The minimum Gasteiger partial charge on any atom is -0.444 e. The van der Waals surface area contributed by atoms with Crippen LogP contribution in [0.3, 0.4) is 0 Å². The first-order valence-electron chi connectivity index (χ1n) is 6.67. The fraction of sp³-hybridized carbons (Fsp3) is 0.333. The van der Waals surface area contributed by atoms with Crippen molar-refractivity contribution in [3.8, 4) is 0 Å². The molecule has 5 nitrogen and oxygen atoms in total. The summed E-state index contributed by atoms with van der Waals surface area (Å²) in [4.78, 5) is 25.4. The lowest BCUT2D eigenvalue weighted by Gasteiger charge is -2.29. The molecule has 112 valence electrons. The Morgan fingerprint density at radius 1 is 1.38 bits per heavy atom. The third-order valence-electron chi connectivity index (χ3n) is 3.11. The van der Waals surface area contributed by atoms with Gasteiger partial charge in [0.05, 0.1) is 0 Å². The van der Waals surface area contributed by atoms with Crippen molar-refractivity contribution in [2.75, 3.05) is 12.0 Å². The van der Waals surface area contributed by atoms with Crippen LogP contribution in [0.5, 0.6) is 0 Å². The molecule has 0 bridgehead atoms. The Morgan fingerprint density at radius 2 is 2.14 bits per heavy atom. The molecule has 21 heavy (non-hydrogen) atoms. The van der Waals surface area contributed by atoms with E-state index in [0.29, 0.717) is 6.42 Å². The van der Waals surface area contributed by atoms with E-state index in [1.165, 1.54) is 11.1 Å². The summed E-state index contributed by atoms with van der Waals surface area (Å²) in [5, 5.41) is 2.62. The average Bonchev–Trinajstić information content (AvgIpc) is 2.52. The average molecular weight is 306 g/mol. The molecule has 0 aromatic heterocycles. The number of nitrogens with zero attached hydrogens (tertiary/aromatic N) is 1. The van der Waals surface area contributed by atoms with Crippen LogP contribution in [0.4, 0.5) is 4.79 Å². The Morgan fingerprint density at radius 3 is 2.86 bits per heavy atom. The number of benzene rings is 1. The molecular formula is C15H18N2O3S. The predicted octanol–water partition coefficient (Wildman–Crippen LogP) is 2.35. The van der Waals surface area contributed by atoms with E-state index < -0.39 is 12.1 Å². The zero-order valence-corrected chi connectivity index (χ0v) is 12.6. The van der Waals surface area contributed by atoms with Crippen LogP contribution < -0.4 is 5.32 Å². The molecule has 6 heteroatoms. The lowest BCUT2D eigenvalue weighted by Crippen LogP contribution is -2.49. The molecule has 1 aliphatic rings. The third-order valence-corrected chi connectivity index (χ3v) is 3.75.